The summed E-state index contributed by atoms with van der Waals surface area (Å²) in [5.41, 5.74) is -0.970. The molecule has 8 nitrogen and oxygen atoms in total. The number of nitrogens with zero attached hydrogens (tertiary/aromatic N) is 5. The minimum atomic E-state index is -4.49. The number of hydrogen-bond donors (Lipinski definition) is 3. The van der Waals surface area contributed by atoms with Crippen LogP contribution in [0.15, 0.2) is 41.7 Å². The molecule has 2 aromatic rings. The summed E-state index contributed by atoms with van der Waals surface area (Å²) in [7, 11) is 1.68. The highest BCUT2D eigenvalue weighted by Crippen LogP contribution is 2.27. The van der Waals surface area contributed by atoms with Gasteiger partial charge in [-0.1, -0.05) is 6.07 Å². The second-order valence-electron chi connectivity index (χ2n) is 6.78. The molecule has 0 aromatic carbocycles. The first-order valence-electron chi connectivity index (χ1n) is 9.73. The summed E-state index contributed by atoms with van der Waals surface area (Å²) in [5.74, 6) is 1.58. The van der Waals surface area contributed by atoms with Gasteiger partial charge in [0, 0.05) is 51.7 Å². The van der Waals surface area contributed by atoms with E-state index in [2.05, 4.69) is 40.8 Å². The Labute approximate surface area is 196 Å². The molecule has 0 unspecified atom stereocenters. The Hall–Kier alpha value is -2.38. The van der Waals surface area contributed by atoms with Crippen LogP contribution in [-0.2, 0) is 6.18 Å². The van der Waals surface area contributed by atoms with Crippen molar-refractivity contribution in [2.45, 2.75) is 25.1 Å². The zero-order valence-electron chi connectivity index (χ0n) is 17.1. The van der Waals surface area contributed by atoms with E-state index in [4.69, 9.17) is 0 Å². The number of nitrogens with one attached hydrogen (secondary N) is 3. The van der Waals surface area contributed by atoms with E-state index in [0.717, 1.165) is 44.0 Å². The molecule has 1 aliphatic rings. The number of aliphatic imine (C=N–C) groups is 1. The Morgan fingerprint density at radius 2 is 1.90 bits per heavy atom. The maximum Gasteiger partial charge on any atom is 0.433 e. The van der Waals surface area contributed by atoms with E-state index in [1.807, 2.05) is 18.2 Å². The summed E-state index contributed by atoms with van der Waals surface area (Å²) < 4.78 is 38.1. The smallest absolute Gasteiger partial charge is 0.356 e. The quantitative estimate of drug-likeness (QED) is 0.221. The highest BCUT2D eigenvalue weighted by molar-refractivity contribution is 14.0. The third kappa shape index (κ3) is 7.67. The monoisotopic (exact) mass is 550 g/mol. The number of hydrogen-bond acceptors (Lipinski definition) is 6. The third-order valence-electron chi connectivity index (χ3n) is 4.68. The van der Waals surface area contributed by atoms with Gasteiger partial charge >= 0.3 is 6.18 Å². The van der Waals surface area contributed by atoms with Gasteiger partial charge in [-0.15, -0.1) is 24.0 Å². The van der Waals surface area contributed by atoms with Gasteiger partial charge in [0.05, 0.1) is 0 Å². The lowest BCUT2D eigenvalue weighted by Gasteiger charge is -2.33. The minimum Gasteiger partial charge on any atom is -0.356 e. The van der Waals surface area contributed by atoms with E-state index in [1.54, 1.807) is 13.2 Å². The van der Waals surface area contributed by atoms with E-state index >= 15 is 0 Å². The van der Waals surface area contributed by atoms with Crippen molar-refractivity contribution in [1.82, 2.24) is 25.6 Å². The molecule has 0 radical (unpaired) electrons. The second kappa shape index (κ2) is 11.9. The van der Waals surface area contributed by atoms with Gasteiger partial charge < -0.3 is 20.9 Å². The predicted molar refractivity (Wildman–Crippen MR) is 125 cm³/mol. The van der Waals surface area contributed by atoms with Crippen molar-refractivity contribution in [3.05, 3.63) is 42.4 Å². The molecular formula is C19H26F3IN8. The third-order valence-corrected chi connectivity index (χ3v) is 4.68. The van der Waals surface area contributed by atoms with Gasteiger partial charge in [-0.3, -0.25) is 4.99 Å². The highest BCUT2D eigenvalue weighted by atomic mass is 127. The molecule has 0 aliphatic carbocycles. The van der Waals surface area contributed by atoms with Crippen LogP contribution in [0.25, 0.3) is 0 Å². The highest BCUT2D eigenvalue weighted by Gasteiger charge is 2.32. The van der Waals surface area contributed by atoms with E-state index in [9.17, 15) is 13.2 Å². The van der Waals surface area contributed by atoms with E-state index in [0.29, 0.717) is 19.0 Å². The molecule has 31 heavy (non-hydrogen) atoms. The van der Waals surface area contributed by atoms with E-state index < -0.39 is 11.9 Å². The lowest BCUT2D eigenvalue weighted by molar-refractivity contribution is -0.141. The number of rotatable bonds is 6. The Morgan fingerprint density at radius 3 is 2.55 bits per heavy atom. The first-order chi connectivity index (χ1) is 14.5. The maximum atomic E-state index is 12.7. The van der Waals surface area contributed by atoms with Crippen LogP contribution in [0.3, 0.4) is 0 Å². The topological polar surface area (TPSA) is 90.4 Å². The van der Waals surface area contributed by atoms with Gasteiger partial charge in [-0.05, 0) is 31.0 Å². The van der Waals surface area contributed by atoms with Crippen LogP contribution in [0.1, 0.15) is 18.5 Å². The van der Waals surface area contributed by atoms with Crippen LogP contribution in [0.5, 0.6) is 0 Å². The number of pyridine rings is 1. The van der Waals surface area contributed by atoms with Crippen LogP contribution in [0.2, 0.25) is 0 Å². The molecule has 3 rings (SSSR count). The molecule has 1 saturated heterocycles. The molecule has 2 aromatic heterocycles. The van der Waals surface area contributed by atoms with Crippen LogP contribution in [0, 0.1) is 0 Å². The predicted octanol–water partition coefficient (Wildman–Crippen LogP) is 2.75. The Kier molecular flexibility index (Phi) is 9.52. The maximum absolute atomic E-state index is 12.7. The molecule has 3 N–H and O–H groups in total. The number of halogens is 4. The van der Waals surface area contributed by atoms with Gasteiger partial charge in [0.1, 0.15) is 11.5 Å². The summed E-state index contributed by atoms with van der Waals surface area (Å²) in [6.07, 6.45) is 0.296. The van der Waals surface area contributed by atoms with E-state index in [-0.39, 0.29) is 36.0 Å². The molecule has 0 spiro atoms. The molecule has 3 heterocycles. The van der Waals surface area contributed by atoms with Crippen molar-refractivity contribution < 1.29 is 13.2 Å². The lowest BCUT2D eigenvalue weighted by Crippen LogP contribution is -2.49. The van der Waals surface area contributed by atoms with Crippen molar-refractivity contribution in [3.8, 4) is 0 Å². The zero-order valence-corrected chi connectivity index (χ0v) is 19.4. The van der Waals surface area contributed by atoms with Crippen molar-refractivity contribution in [3.63, 3.8) is 0 Å². The summed E-state index contributed by atoms with van der Waals surface area (Å²) in [6, 6.07) is 7.03. The van der Waals surface area contributed by atoms with Crippen molar-refractivity contribution in [2.24, 2.45) is 4.99 Å². The minimum absolute atomic E-state index is 0. The summed E-state index contributed by atoms with van der Waals surface area (Å²) in [6.45, 7) is 2.60. The average Bonchev–Trinajstić information content (AvgIpc) is 2.76. The Bertz CT molecular complexity index is 826. The second-order valence-corrected chi connectivity index (χ2v) is 6.78. The fourth-order valence-corrected chi connectivity index (χ4v) is 3.14. The largest absolute Gasteiger partial charge is 0.433 e. The number of aromatic nitrogens is 3. The van der Waals surface area contributed by atoms with Crippen LogP contribution in [-0.4, -0.2) is 60.2 Å². The fourth-order valence-electron chi connectivity index (χ4n) is 3.14. The zero-order chi connectivity index (χ0) is 21.4. The molecule has 0 atom stereocenters. The molecule has 0 amide bonds. The molecule has 1 aliphatic heterocycles. The molecule has 1 fully saturated rings. The Morgan fingerprint density at radius 1 is 1.13 bits per heavy atom. The average molecular weight is 550 g/mol. The van der Waals surface area contributed by atoms with Gasteiger partial charge in [0.15, 0.2) is 5.96 Å². The van der Waals surface area contributed by atoms with Crippen molar-refractivity contribution in [1.29, 1.82) is 0 Å². The van der Waals surface area contributed by atoms with Crippen molar-refractivity contribution >= 4 is 41.7 Å². The van der Waals surface area contributed by atoms with Gasteiger partial charge in [0.2, 0.25) is 5.95 Å². The summed E-state index contributed by atoms with van der Waals surface area (Å²) in [4.78, 5) is 18.1. The molecule has 0 saturated carbocycles. The van der Waals surface area contributed by atoms with E-state index in [1.165, 1.54) is 0 Å². The van der Waals surface area contributed by atoms with Gasteiger partial charge in [-0.25, -0.2) is 15.0 Å². The van der Waals surface area contributed by atoms with Crippen LogP contribution < -0.4 is 20.9 Å². The SMILES string of the molecule is CN=C(NCCNc1nccc(C(F)(F)F)n1)NC1CCN(c2ccccn2)CC1.I. The Balaban J connectivity index is 0.00000341. The molecule has 12 heteroatoms. The summed E-state index contributed by atoms with van der Waals surface area (Å²) in [5, 5.41) is 9.32. The summed E-state index contributed by atoms with van der Waals surface area (Å²) >= 11 is 0. The first-order valence-corrected chi connectivity index (χ1v) is 9.73. The number of guanidine groups is 1. The van der Waals surface area contributed by atoms with Crippen LogP contribution >= 0.6 is 24.0 Å². The number of anilines is 2. The first kappa shape index (κ1) is 24.9. The number of piperidine rings is 1. The number of alkyl halides is 3. The van der Waals surface area contributed by atoms with Gasteiger partial charge in [0.25, 0.3) is 0 Å². The van der Waals surface area contributed by atoms with Crippen molar-refractivity contribution in [2.75, 3.05) is 43.4 Å². The van der Waals surface area contributed by atoms with Gasteiger partial charge in [-0.2, -0.15) is 13.2 Å². The molecule has 0 bridgehead atoms. The standard InChI is InChI=1S/C19H25F3N8.HI/c1-23-17(26-10-11-27-18-25-9-5-15(29-18)19(20,21)22)28-14-6-12-30(13-7-14)16-4-2-3-8-24-16;/h2-5,8-9,14H,6-7,10-13H2,1H3,(H2,23,26,28)(H,25,27,29);1H. The molecular weight excluding hydrogens is 524 g/mol. The fraction of sp³-hybridized carbons (Fsp3) is 0.474. The lowest BCUT2D eigenvalue weighted by atomic mass is 10.1. The van der Waals surface area contributed by atoms with Crippen LogP contribution in [0.4, 0.5) is 24.9 Å². The normalized spacial score (nSPS) is 15.2. The molecule has 170 valence electrons.